The zero-order valence-electron chi connectivity index (χ0n) is 18.6. The van der Waals surface area contributed by atoms with E-state index in [0.717, 1.165) is 0 Å². The number of carbonyl (C=O) groups excluding carboxylic acids is 1. The molecule has 0 saturated carbocycles. The van der Waals surface area contributed by atoms with Crippen LogP contribution in [-0.4, -0.2) is 32.7 Å². The normalized spacial score (nSPS) is 17.6. The topological polar surface area (TPSA) is 84.2 Å². The molecule has 7 nitrogen and oxygen atoms in total. The number of hydrogen-bond acceptors (Lipinski definition) is 7. The van der Waals surface area contributed by atoms with Crippen LogP contribution in [0.2, 0.25) is 0 Å². The average Bonchev–Trinajstić information content (AvgIpc) is 3.07. The summed E-state index contributed by atoms with van der Waals surface area (Å²) in [6, 6.07) is 9.84. The fourth-order valence-corrected chi connectivity index (χ4v) is 3.95. The van der Waals surface area contributed by atoms with Crippen molar-refractivity contribution in [3.63, 3.8) is 0 Å². The molecule has 0 amide bonds. The maximum Gasteiger partial charge on any atom is 0.336 e. The smallest absolute Gasteiger partial charge is 0.336 e. The first kappa shape index (κ1) is 21.5. The first-order valence-electron chi connectivity index (χ1n) is 10.1. The van der Waals surface area contributed by atoms with Gasteiger partial charge in [0, 0.05) is 29.0 Å². The van der Waals surface area contributed by atoms with Crippen LogP contribution >= 0.6 is 0 Å². The lowest BCUT2D eigenvalue weighted by molar-refractivity contribution is 0.0573. The lowest BCUT2D eigenvalue weighted by Crippen LogP contribution is -2.43. The highest BCUT2D eigenvalue weighted by molar-refractivity contribution is 6.11. The number of ether oxygens (including phenoxy) is 4. The van der Waals surface area contributed by atoms with E-state index in [1.54, 1.807) is 50.6 Å². The molecule has 4 rings (SSSR count). The van der Waals surface area contributed by atoms with Crippen molar-refractivity contribution in [2.24, 2.45) is 5.92 Å². The van der Waals surface area contributed by atoms with Crippen LogP contribution in [0.3, 0.4) is 0 Å². The molecule has 1 aromatic heterocycles. The van der Waals surface area contributed by atoms with Gasteiger partial charge in [-0.25, -0.2) is 4.79 Å². The minimum atomic E-state index is -1.22. The quantitative estimate of drug-likeness (QED) is 0.526. The maximum absolute atomic E-state index is 13.5. The number of carbonyl (C=O) groups is 1. The van der Waals surface area contributed by atoms with Crippen molar-refractivity contribution in [1.82, 2.24) is 0 Å². The zero-order valence-corrected chi connectivity index (χ0v) is 18.6. The molecule has 0 saturated heterocycles. The van der Waals surface area contributed by atoms with Gasteiger partial charge in [0.05, 0.1) is 26.9 Å². The van der Waals surface area contributed by atoms with E-state index < -0.39 is 11.2 Å². The van der Waals surface area contributed by atoms with Crippen LogP contribution in [0.5, 0.6) is 23.0 Å². The van der Waals surface area contributed by atoms with Gasteiger partial charge in [0.2, 0.25) is 11.5 Å². The molecule has 1 atom stereocenters. The van der Waals surface area contributed by atoms with E-state index in [9.17, 15) is 9.59 Å². The van der Waals surface area contributed by atoms with Crippen molar-refractivity contribution in [1.29, 1.82) is 0 Å². The van der Waals surface area contributed by atoms with E-state index in [-0.39, 0.29) is 11.7 Å². The summed E-state index contributed by atoms with van der Waals surface area (Å²) in [6.07, 6.45) is 3.52. The molecule has 0 radical (unpaired) electrons. The number of rotatable bonds is 6. The van der Waals surface area contributed by atoms with E-state index in [0.29, 0.717) is 45.1 Å². The monoisotopic (exact) mass is 436 g/mol. The summed E-state index contributed by atoms with van der Waals surface area (Å²) >= 11 is 0. The summed E-state index contributed by atoms with van der Waals surface area (Å²) in [7, 11) is 4.63. The molecule has 1 unspecified atom stereocenters. The molecule has 0 N–H and O–H groups in total. The Morgan fingerprint density at radius 1 is 0.938 bits per heavy atom. The van der Waals surface area contributed by atoms with Gasteiger partial charge in [-0.15, -0.1) is 0 Å². The van der Waals surface area contributed by atoms with Crippen LogP contribution in [0.25, 0.3) is 17.0 Å². The Hall–Kier alpha value is -3.74. The van der Waals surface area contributed by atoms with Crippen LogP contribution < -0.4 is 24.6 Å². The fraction of sp³-hybridized carbons (Fsp3) is 0.280. The number of Topliss-reactive ketones (excluding diaryl/α,β-unsaturated/α-hetero) is 1. The van der Waals surface area contributed by atoms with Gasteiger partial charge in [-0.1, -0.05) is 19.9 Å². The van der Waals surface area contributed by atoms with E-state index in [2.05, 4.69) is 0 Å². The molecule has 1 aliphatic heterocycles. The molecule has 0 aliphatic carbocycles. The van der Waals surface area contributed by atoms with Crippen molar-refractivity contribution in [3.05, 3.63) is 64.0 Å². The third kappa shape index (κ3) is 3.30. The number of hydrogen-bond donors (Lipinski definition) is 0. The van der Waals surface area contributed by atoms with Gasteiger partial charge in [0.1, 0.15) is 11.3 Å². The average molecular weight is 436 g/mol. The second-order valence-corrected chi connectivity index (χ2v) is 7.78. The van der Waals surface area contributed by atoms with Crippen LogP contribution in [0, 0.1) is 5.92 Å². The third-order valence-corrected chi connectivity index (χ3v) is 5.70. The van der Waals surface area contributed by atoms with Gasteiger partial charge in [0.15, 0.2) is 17.1 Å². The van der Waals surface area contributed by atoms with E-state index in [4.69, 9.17) is 23.4 Å². The van der Waals surface area contributed by atoms with E-state index in [1.165, 1.54) is 13.2 Å². The highest BCUT2D eigenvalue weighted by atomic mass is 16.5. The van der Waals surface area contributed by atoms with Crippen LogP contribution in [-0.2, 0) is 0 Å². The molecule has 7 heteroatoms. The van der Waals surface area contributed by atoms with Gasteiger partial charge in [0.25, 0.3) is 0 Å². The SMILES string of the molecule is COc1ccc(/C=C\C2(C(C)C)Oc3cc4oc(=O)ccc4cc3C2=O)c(OC)c1OC. The van der Waals surface area contributed by atoms with Gasteiger partial charge in [-0.3, -0.25) is 4.79 Å². The standard InChI is InChI=1S/C25H24O7/c1-14(2)25(11-10-15-6-8-18(28-3)23(30-5)22(15)29-4)24(27)17-12-16-7-9-21(26)31-19(16)13-20(17)32-25/h6-14H,1-5H3/b11-10-. The molecule has 1 aliphatic rings. The lowest BCUT2D eigenvalue weighted by Gasteiger charge is -2.28. The molecule has 3 aromatic rings. The molecular weight excluding hydrogens is 412 g/mol. The summed E-state index contributed by atoms with van der Waals surface area (Å²) in [5, 5.41) is 0.658. The van der Waals surface area contributed by atoms with Gasteiger partial charge in [-0.05, 0) is 30.3 Å². The largest absolute Gasteiger partial charge is 0.493 e. The van der Waals surface area contributed by atoms with Crippen LogP contribution in [0.4, 0.5) is 0 Å². The number of ketones is 1. The minimum absolute atomic E-state index is 0.161. The van der Waals surface area contributed by atoms with Gasteiger partial charge < -0.3 is 23.4 Å². The first-order chi connectivity index (χ1) is 15.3. The highest BCUT2D eigenvalue weighted by Gasteiger charge is 2.48. The van der Waals surface area contributed by atoms with Gasteiger partial charge >= 0.3 is 5.63 Å². The molecule has 0 spiro atoms. The zero-order chi connectivity index (χ0) is 23.0. The second kappa shape index (κ2) is 8.07. The Morgan fingerprint density at radius 3 is 2.34 bits per heavy atom. The third-order valence-electron chi connectivity index (χ3n) is 5.70. The fourth-order valence-electron chi connectivity index (χ4n) is 3.95. The Bertz CT molecular complexity index is 1290. The second-order valence-electron chi connectivity index (χ2n) is 7.78. The summed E-state index contributed by atoms with van der Waals surface area (Å²) < 4.78 is 27.8. The molecule has 166 valence electrons. The highest BCUT2D eigenvalue weighted by Crippen LogP contribution is 2.44. The molecule has 0 bridgehead atoms. The van der Waals surface area contributed by atoms with Crippen molar-refractivity contribution < 1.29 is 28.2 Å². The summed E-state index contributed by atoms with van der Waals surface area (Å²) in [4.78, 5) is 25.1. The maximum atomic E-state index is 13.5. The van der Waals surface area contributed by atoms with Gasteiger partial charge in [-0.2, -0.15) is 0 Å². The first-order valence-corrected chi connectivity index (χ1v) is 10.1. The lowest BCUT2D eigenvalue weighted by atomic mass is 9.84. The summed E-state index contributed by atoms with van der Waals surface area (Å²) in [6.45, 7) is 3.83. The number of fused-ring (bicyclic) bond motifs is 2. The molecule has 32 heavy (non-hydrogen) atoms. The van der Waals surface area contributed by atoms with Crippen molar-refractivity contribution in [3.8, 4) is 23.0 Å². The molecule has 2 aromatic carbocycles. The Morgan fingerprint density at radius 2 is 1.69 bits per heavy atom. The summed E-state index contributed by atoms with van der Waals surface area (Å²) in [5.74, 6) is 1.52. The van der Waals surface area contributed by atoms with Crippen LogP contribution in [0.15, 0.2) is 51.7 Å². The molecule has 2 heterocycles. The van der Waals surface area contributed by atoms with E-state index >= 15 is 0 Å². The predicted molar refractivity (Wildman–Crippen MR) is 120 cm³/mol. The Balaban J connectivity index is 1.80. The Labute approximate surface area is 185 Å². The van der Waals surface area contributed by atoms with Crippen LogP contribution in [0.1, 0.15) is 29.8 Å². The summed E-state index contributed by atoms with van der Waals surface area (Å²) in [5.41, 5.74) is -0.165. The number of methoxy groups -OCH3 is 3. The predicted octanol–water partition coefficient (Wildman–Crippen LogP) is 4.50. The molecular formula is C25H24O7. The minimum Gasteiger partial charge on any atom is -0.493 e. The Kier molecular flexibility index (Phi) is 5.42. The number of benzene rings is 2. The van der Waals surface area contributed by atoms with Crippen molar-refractivity contribution in [2.75, 3.05) is 21.3 Å². The van der Waals surface area contributed by atoms with Crippen molar-refractivity contribution >= 4 is 22.8 Å². The molecule has 0 fully saturated rings. The van der Waals surface area contributed by atoms with Crippen molar-refractivity contribution in [2.45, 2.75) is 19.4 Å². The van der Waals surface area contributed by atoms with E-state index in [1.807, 2.05) is 19.9 Å².